The van der Waals surface area contributed by atoms with Gasteiger partial charge in [0.2, 0.25) is 0 Å². The standard InChI is InChI=1S/C17H18N2O3/c1-21-13-7-8-14(16(11-13)22-2)18-17(20)19-10-9-12-5-3-4-6-15(12)19/h3-8,11H,9-10H2,1-2H3,(H,18,20). The van der Waals surface area contributed by atoms with Crippen molar-refractivity contribution in [2.45, 2.75) is 6.42 Å². The molecule has 1 heterocycles. The third-order valence-corrected chi connectivity index (χ3v) is 3.78. The Labute approximate surface area is 129 Å². The molecule has 1 N–H and O–H groups in total. The molecule has 0 aliphatic carbocycles. The van der Waals surface area contributed by atoms with Crippen molar-refractivity contribution in [3.05, 3.63) is 48.0 Å². The Bertz CT molecular complexity index is 700. The maximum absolute atomic E-state index is 12.5. The number of carbonyl (C=O) groups is 1. The second kappa shape index (κ2) is 5.97. The van der Waals surface area contributed by atoms with Crippen molar-refractivity contribution in [3.8, 4) is 11.5 Å². The number of para-hydroxylation sites is 1. The van der Waals surface area contributed by atoms with E-state index in [2.05, 4.69) is 11.4 Å². The van der Waals surface area contributed by atoms with Crippen molar-refractivity contribution < 1.29 is 14.3 Å². The van der Waals surface area contributed by atoms with Crippen molar-refractivity contribution in [1.82, 2.24) is 0 Å². The van der Waals surface area contributed by atoms with Crippen LogP contribution in [0.2, 0.25) is 0 Å². The monoisotopic (exact) mass is 298 g/mol. The van der Waals surface area contributed by atoms with E-state index in [0.717, 1.165) is 12.1 Å². The van der Waals surface area contributed by atoms with Gasteiger partial charge in [0.1, 0.15) is 11.5 Å². The number of urea groups is 1. The highest BCUT2D eigenvalue weighted by molar-refractivity contribution is 6.03. The summed E-state index contributed by atoms with van der Waals surface area (Å²) in [5.41, 5.74) is 2.78. The molecule has 22 heavy (non-hydrogen) atoms. The summed E-state index contributed by atoms with van der Waals surface area (Å²) in [4.78, 5) is 14.3. The van der Waals surface area contributed by atoms with Gasteiger partial charge in [-0.05, 0) is 30.2 Å². The maximum Gasteiger partial charge on any atom is 0.326 e. The molecule has 0 unspecified atom stereocenters. The lowest BCUT2D eigenvalue weighted by molar-refractivity contribution is 0.257. The lowest BCUT2D eigenvalue weighted by Gasteiger charge is -2.19. The van der Waals surface area contributed by atoms with Gasteiger partial charge in [-0.2, -0.15) is 0 Å². The van der Waals surface area contributed by atoms with E-state index in [1.165, 1.54) is 5.56 Å². The summed E-state index contributed by atoms with van der Waals surface area (Å²) in [6.45, 7) is 0.684. The molecule has 0 saturated heterocycles. The highest BCUT2D eigenvalue weighted by Gasteiger charge is 2.24. The topological polar surface area (TPSA) is 50.8 Å². The molecule has 1 aliphatic rings. The second-order valence-corrected chi connectivity index (χ2v) is 5.03. The fourth-order valence-corrected chi connectivity index (χ4v) is 2.63. The van der Waals surface area contributed by atoms with Gasteiger partial charge in [0.05, 0.1) is 19.9 Å². The first-order valence-corrected chi connectivity index (χ1v) is 7.11. The van der Waals surface area contributed by atoms with Gasteiger partial charge in [-0.15, -0.1) is 0 Å². The number of ether oxygens (including phenoxy) is 2. The number of rotatable bonds is 3. The van der Waals surface area contributed by atoms with Gasteiger partial charge in [-0.1, -0.05) is 18.2 Å². The molecule has 2 aromatic rings. The third-order valence-electron chi connectivity index (χ3n) is 3.78. The van der Waals surface area contributed by atoms with E-state index in [9.17, 15) is 4.79 Å². The van der Waals surface area contributed by atoms with Crippen LogP contribution in [0.3, 0.4) is 0 Å². The van der Waals surface area contributed by atoms with E-state index in [1.54, 1.807) is 37.3 Å². The number of hydrogen-bond donors (Lipinski definition) is 1. The normalized spacial score (nSPS) is 12.7. The average Bonchev–Trinajstić information content (AvgIpc) is 2.99. The largest absolute Gasteiger partial charge is 0.497 e. The van der Waals surface area contributed by atoms with Crippen molar-refractivity contribution in [2.75, 3.05) is 31.0 Å². The molecule has 0 radical (unpaired) electrons. The van der Waals surface area contributed by atoms with Gasteiger partial charge in [0, 0.05) is 18.3 Å². The Morgan fingerprint density at radius 3 is 2.73 bits per heavy atom. The molecule has 0 spiro atoms. The number of fused-ring (bicyclic) bond motifs is 1. The molecule has 2 amide bonds. The molecule has 114 valence electrons. The lowest BCUT2D eigenvalue weighted by atomic mass is 10.2. The molecule has 5 heteroatoms. The third kappa shape index (κ3) is 2.57. The number of amides is 2. The zero-order valence-corrected chi connectivity index (χ0v) is 12.6. The SMILES string of the molecule is COc1ccc(NC(=O)N2CCc3ccccc32)c(OC)c1. The minimum atomic E-state index is -0.159. The van der Waals surface area contributed by atoms with E-state index in [4.69, 9.17) is 9.47 Å². The van der Waals surface area contributed by atoms with Crippen LogP contribution in [0, 0.1) is 0 Å². The van der Waals surface area contributed by atoms with Gasteiger partial charge < -0.3 is 14.8 Å². The minimum absolute atomic E-state index is 0.159. The molecule has 5 nitrogen and oxygen atoms in total. The number of nitrogens with one attached hydrogen (secondary N) is 1. The van der Waals surface area contributed by atoms with E-state index >= 15 is 0 Å². The second-order valence-electron chi connectivity index (χ2n) is 5.03. The molecular weight excluding hydrogens is 280 g/mol. The summed E-state index contributed by atoms with van der Waals surface area (Å²) in [6.07, 6.45) is 0.878. The fourth-order valence-electron chi connectivity index (χ4n) is 2.63. The number of hydrogen-bond acceptors (Lipinski definition) is 3. The number of benzene rings is 2. The highest BCUT2D eigenvalue weighted by atomic mass is 16.5. The highest BCUT2D eigenvalue weighted by Crippen LogP contribution is 2.31. The van der Waals surface area contributed by atoms with Crippen LogP contribution in [0.4, 0.5) is 16.2 Å². The summed E-state index contributed by atoms with van der Waals surface area (Å²) in [5, 5.41) is 2.90. The molecule has 0 fully saturated rings. The smallest absolute Gasteiger partial charge is 0.326 e. The summed E-state index contributed by atoms with van der Waals surface area (Å²) in [5.74, 6) is 1.25. The van der Waals surface area contributed by atoms with Crippen LogP contribution in [0.15, 0.2) is 42.5 Å². The number of methoxy groups -OCH3 is 2. The molecule has 3 rings (SSSR count). The Hall–Kier alpha value is -2.69. The van der Waals surface area contributed by atoms with Crippen LogP contribution in [-0.4, -0.2) is 26.8 Å². The predicted molar refractivity (Wildman–Crippen MR) is 86.1 cm³/mol. The Kier molecular flexibility index (Phi) is 3.87. The molecular formula is C17H18N2O3. The van der Waals surface area contributed by atoms with Crippen LogP contribution in [-0.2, 0) is 6.42 Å². The van der Waals surface area contributed by atoms with Crippen molar-refractivity contribution in [3.63, 3.8) is 0 Å². The first-order valence-electron chi connectivity index (χ1n) is 7.11. The zero-order chi connectivity index (χ0) is 15.5. The van der Waals surface area contributed by atoms with E-state index < -0.39 is 0 Å². The van der Waals surface area contributed by atoms with Crippen molar-refractivity contribution >= 4 is 17.4 Å². The molecule has 2 aromatic carbocycles. The molecule has 0 aromatic heterocycles. The van der Waals surface area contributed by atoms with Crippen LogP contribution in [0.25, 0.3) is 0 Å². The van der Waals surface area contributed by atoms with Gasteiger partial charge in [-0.3, -0.25) is 4.90 Å². The van der Waals surface area contributed by atoms with Gasteiger partial charge in [0.15, 0.2) is 0 Å². The Balaban J connectivity index is 1.81. The minimum Gasteiger partial charge on any atom is -0.497 e. The Morgan fingerprint density at radius 2 is 1.95 bits per heavy atom. The molecule has 0 bridgehead atoms. The zero-order valence-electron chi connectivity index (χ0n) is 12.6. The first-order chi connectivity index (χ1) is 10.7. The Morgan fingerprint density at radius 1 is 1.14 bits per heavy atom. The molecule has 1 aliphatic heterocycles. The summed E-state index contributed by atoms with van der Waals surface area (Å²) < 4.78 is 10.5. The van der Waals surface area contributed by atoms with Gasteiger partial charge >= 0.3 is 6.03 Å². The quantitative estimate of drug-likeness (QED) is 0.946. The van der Waals surface area contributed by atoms with Gasteiger partial charge in [-0.25, -0.2) is 4.79 Å². The summed E-state index contributed by atoms with van der Waals surface area (Å²) >= 11 is 0. The van der Waals surface area contributed by atoms with Crippen LogP contribution >= 0.6 is 0 Å². The van der Waals surface area contributed by atoms with Crippen LogP contribution in [0.5, 0.6) is 11.5 Å². The van der Waals surface area contributed by atoms with Crippen LogP contribution < -0.4 is 19.7 Å². The van der Waals surface area contributed by atoms with E-state index in [-0.39, 0.29) is 6.03 Å². The van der Waals surface area contributed by atoms with E-state index in [1.807, 2.05) is 18.2 Å². The van der Waals surface area contributed by atoms with Crippen molar-refractivity contribution in [1.29, 1.82) is 0 Å². The van der Waals surface area contributed by atoms with Crippen molar-refractivity contribution in [2.24, 2.45) is 0 Å². The fraction of sp³-hybridized carbons (Fsp3) is 0.235. The average molecular weight is 298 g/mol. The summed E-state index contributed by atoms with van der Waals surface area (Å²) in [6, 6.07) is 13.1. The number of anilines is 2. The molecule has 0 atom stereocenters. The van der Waals surface area contributed by atoms with E-state index in [0.29, 0.717) is 23.7 Å². The maximum atomic E-state index is 12.5. The predicted octanol–water partition coefficient (Wildman–Crippen LogP) is 3.30. The van der Waals surface area contributed by atoms with Crippen LogP contribution in [0.1, 0.15) is 5.56 Å². The first kappa shape index (κ1) is 14.3. The number of nitrogens with zero attached hydrogens (tertiary/aromatic N) is 1. The van der Waals surface area contributed by atoms with Gasteiger partial charge in [0.25, 0.3) is 0 Å². The molecule has 0 saturated carbocycles. The lowest BCUT2D eigenvalue weighted by Crippen LogP contribution is -2.33. The summed E-state index contributed by atoms with van der Waals surface area (Å²) in [7, 11) is 3.16. The number of carbonyl (C=O) groups excluding carboxylic acids is 1.